The summed E-state index contributed by atoms with van der Waals surface area (Å²) in [5, 5.41) is 3.44. The molecular weight excluding hydrogens is 194 g/mol. The van der Waals surface area contributed by atoms with E-state index in [2.05, 4.69) is 29.6 Å². The van der Waals surface area contributed by atoms with Crippen LogP contribution in [0.25, 0.3) is 0 Å². The second-order valence-corrected chi connectivity index (χ2v) is 5.43. The molecule has 1 aromatic carbocycles. The number of hydrogen-bond donors (Lipinski definition) is 1. The molecule has 3 rings (SSSR count). The Morgan fingerprint density at radius 1 is 1.06 bits per heavy atom. The van der Waals surface area contributed by atoms with Crippen LogP contribution in [-0.2, 0) is 6.42 Å². The Morgan fingerprint density at radius 3 is 2.44 bits per heavy atom. The molecule has 2 fully saturated rings. The highest BCUT2D eigenvalue weighted by Gasteiger charge is 2.19. The molecule has 1 heteroatoms. The van der Waals surface area contributed by atoms with Gasteiger partial charge >= 0.3 is 0 Å². The second kappa shape index (κ2) is 4.58. The first-order valence-corrected chi connectivity index (χ1v) is 6.71. The molecule has 1 atom stereocenters. The molecule has 86 valence electrons. The molecule has 1 saturated carbocycles. The lowest BCUT2D eigenvalue weighted by molar-refractivity contribution is 0.419. The molecule has 1 N–H and O–H groups in total. The minimum Gasteiger partial charge on any atom is -0.316 e. The second-order valence-electron chi connectivity index (χ2n) is 5.43. The maximum atomic E-state index is 3.44. The molecule has 1 heterocycles. The van der Waals surface area contributed by atoms with Gasteiger partial charge < -0.3 is 5.32 Å². The van der Waals surface area contributed by atoms with E-state index in [0.29, 0.717) is 0 Å². The Balaban J connectivity index is 1.62. The quantitative estimate of drug-likeness (QED) is 0.817. The molecule has 1 aliphatic carbocycles. The molecule has 0 radical (unpaired) electrons. The molecule has 1 unspecified atom stereocenters. The Labute approximate surface area is 98.3 Å². The molecule has 1 nitrogen and oxygen atoms in total. The van der Waals surface area contributed by atoms with Crippen molar-refractivity contribution in [3.05, 3.63) is 35.4 Å². The Morgan fingerprint density at radius 2 is 1.88 bits per heavy atom. The Hall–Kier alpha value is -0.820. The summed E-state index contributed by atoms with van der Waals surface area (Å²) in [5.74, 6) is 1.75. The van der Waals surface area contributed by atoms with Crippen LogP contribution in [0.3, 0.4) is 0 Å². The zero-order chi connectivity index (χ0) is 10.8. The smallest absolute Gasteiger partial charge is 0.00169 e. The molecule has 0 spiro atoms. The standard InChI is InChI=1S/C15H21N/c1-2-14(3-1)15-6-4-12(5-7-15)10-13-8-9-16-11-13/h4-7,13-14,16H,1-3,8-11H2. The highest BCUT2D eigenvalue weighted by molar-refractivity contribution is 5.27. The van der Waals surface area contributed by atoms with E-state index < -0.39 is 0 Å². The van der Waals surface area contributed by atoms with Crippen molar-refractivity contribution < 1.29 is 0 Å². The van der Waals surface area contributed by atoms with Crippen molar-refractivity contribution in [1.82, 2.24) is 5.32 Å². The third-order valence-corrected chi connectivity index (χ3v) is 4.24. The maximum Gasteiger partial charge on any atom is -0.00169 e. The lowest BCUT2D eigenvalue weighted by Gasteiger charge is -2.25. The first kappa shape index (κ1) is 10.3. The van der Waals surface area contributed by atoms with Crippen LogP contribution in [-0.4, -0.2) is 13.1 Å². The van der Waals surface area contributed by atoms with Gasteiger partial charge in [0.1, 0.15) is 0 Å². The van der Waals surface area contributed by atoms with E-state index in [1.165, 1.54) is 50.8 Å². The monoisotopic (exact) mass is 215 g/mol. The molecule has 0 aromatic heterocycles. The third-order valence-electron chi connectivity index (χ3n) is 4.24. The summed E-state index contributed by atoms with van der Waals surface area (Å²) in [4.78, 5) is 0. The fourth-order valence-electron chi connectivity index (χ4n) is 2.89. The highest BCUT2D eigenvalue weighted by atomic mass is 14.9. The highest BCUT2D eigenvalue weighted by Crippen LogP contribution is 2.36. The van der Waals surface area contributed by atoms with Crippen LogP contribution in [0.5, 0.6) is 0 Å². The van der Waals surface area contributed by atoms with E-state index >= 15 is 0 Å². The first-order valence-electron chi connectivity index (χ1n) is 6.71. The largest absolute Gasteiger partial charge is 0.316 e. The minimum absolute atomic E-state index is 0.870. The Bertz CT molecular complexity index is 331. The van der Waals surface area contributed by atoms with Crippen LogP contribution in [0.4, 0.5) is 0 Å². The van der Waals surface area contributed by atoms with Gasteiger partial charge in [-0.1, -0.05) is 30.7 Å². The Kier molecular flexibility index (Phi) is 2.96. The van der Waals surface area contributed by atoms with Crippen LogP contribution < -0.4 is 5.32 Å². The van der Waals surface area contributed by atoms with Gasteiger partial charge in [-0.2, -0.15) is 0 Å². The zero-order valence-corrected chi connectivity index (χ0v) is 9.91. The van der Waals surface area contributed by atoms with Crippen LogP contribution >= 0.6 is 0 Å². The van der Waals surface area contributed by atoms with Crippen molar-refractivity contribution in [2.45, 2.75) is 38.0 Å². The molecule has 0 bridgehead atoms. The van der Waals surface area contributed by atoms with E-state index in [1.807, 2.05) is 0 Å². The van der Waals surface area contributed by atoms with E-state index in [-0.39, 0.29) is 0 Å². The van der Waals surface area contributed by atoms with Gasteiger partial charge in [0.15, 0.2) is 0 Å². The van der Waals surface area contributed by atoms with Crippen LogP contribution in [0.1, 0.15) is 42.7 Å². The lowest BCUT2D eigenvalue weighted by Crippen LogP contribution is -2.11. The van der Waals surface area contributed by atoms with Crippen LogP contribution in [0.2, 0.25) is 0 Å². The average molecular weight is 215 g/mol. The van der Waals surface area contributed by atoms with Gasteiger partial charge in [0.2, 0.25) is 0 Å². The normalized spacial score (nSPS) is 25.6. The average Bonchev–Trinajstić information content (AvgIpc) is 2.71. The lowest BCUT2D eigenvalue weighted by atomic mass is 9.80. The summed E-state index contributed by atoms with van der Waals surface area (Å²) in [7, 11) is 0. The topological polar surface area (TPSA) is 12.0 Å². The first-order chi connectivity index (χ1) is 7.92. The van der Waals surface area contributed by atoms with Crippen LogP contribution in [0.15, 0.2) is 24.3 Å². The van der Waals surface area contributed by atoms with E-state index in [9.17, 15) is 0 Å². The maximum absolute atomic E-state index is 3.44. The molecule has 1 aromatic rings. The van der Waals surface area contributed by atoms with Crippen molar-refractivity contribution in [2.75, 3.05) is 13.1 Å². The summed E-state index contributed by atoms with van der Waals surface area (Å²) in [5.41, 5.74) is 3.09. The van der Waals surface area contributed by atoms with E-state index in [1.54, 1.807) is 5.56 Å². The van der Waals surface area contributed by atoms with E-state index in [0.717, 1.165) is 11.8 Å². The number of rotatable bonds is 3. The molecular formula is C15H21N. The number of benzene rings is 1. The van der Waals surface area contributed by atoms with E-state index in [4.69, 9.17) is 0 Å². The summed E-state index contributed by atoms with van der Waals surface area (Å²) in [6.07, 6.45) is 6.86. The zero-order valence-electron chi connectivity index (χ0n) is 9.91. The summed E-state index contributed by atoms with van der Waals surface area (Å²) in [6.45, 7) is 2.43. The molecule has 1 saturated heterocycles. The van der Waals surface area contributed by atoms with Gasteiger partial charge in [-0.3, -0.25) is 0 Å². The van der Waals surface area contributed by atoms with Gasteiger partial charge in [-0.15, -0.1) is 0 Å². The van der Waals surface area contributed by atoms with Gasteiger partial charge in [0.05, 0.1) is 0 Å². The molecule has 2 aliphatic rings. The van der Waals surface area contributed by atoms with Crippen molar-refractivity contribution in [3.63, 3.8) is 0 Å². The summed E-state index contributed by atoms with van der Waals surface area (Å²) < 4.78 is 0. The predicted octanol–water partition coefficient (Wildman–Crippen LogP) is 3.11. The number of nitrogens with one attached hydrogen (secondary N) is 1. The SMILES string of the molecule is c1cc(C2CCC2)ccc1CC1CCNC1. The predicted molar refractivity (Wildman–Crippen MR) is 67.7 cm³/mol. The van der Waals surface area contributed by atoms with Crippen molar-refractivity contribution in [3.8, 4) is 0 Å². The summed E-state index contributed by atoms with van der Waals surface area (Å²) >= 11 is 0. The van der Waals surface area contributed by atoms with Crippen molar-refractivity contribution in [1.29, 1.82) is 0 Å². The minimum atomic E-state index is 0.870. The fraction of sp³-hybridized carbons (Fsp3) is 0.600. The van der Waals surface area contributed by atoms with Gasteiger partial charge in [0.25, 0.3) is 0 Å². The fourth-order valence-corrected chi connectivity index (χ4v) is 2.89. The van der Waals surface area contributed by atoms with Gasteiger partial charge in [-0.05, 0) is 61.7 Å². The van der Waals surface area contributed by atoms with Gasteiger partial charge in [-0.25, -0.2) is 0 Å². The molecule has 0 amide bonds. The number of hydrogen-bond acceptors (Lipinski definition) is 1. The molecule has 1 aliphatic heterocycles. The third kappa shape index (κ3) is 2.15. The van der Waals surface area contributed by atoms with Gasteiger partial charge in [0, 0.05) is 0 Å². The van der Waals surface area contributed by atoms with Crippen molar-refractivity contribution >= 4 is 0 Å². The van der Waals surface area contributed by atoms with Crippen molar-refractivity contribution in [2.24, 2.45) is 5.92 Å². The summed E-state index contributed by atoms with van der Waals surface area (Å²) in [6, 6.07) is 9.43. The molecule has 16 heavy (non-hydrogen) atoms. The van der Waals surface area contributed by atoms with Crippen LogP contribution in [0, 0.1) is 5.92 Å².